The lowest BCUT2D eigenvalue weighted by Gasteiger charge is -2.13. The molecule has 1 aliphatic carbocycles. The number of rotatable bonds is 8. The minimum atomic E-state index is -3.70. The number of benzene rings is 1. The molecule has 0 unspecified atom stereocenters. The number of aromatic nitrogens is 4. The molecule has 1 saturated carbocycles. The second-order valence-electron chi connectivity index (χ2n) is 8.84. The largest absolute Gasteiger partial charge is 0.326 e. The summed E-state index contributed by atoms with van der Waals surface area (Å²) in [7, 11) is -3.70. The van der Waals surface area contributed by atoms with Gasteiger partial charge in [0.25, 0.3) is 0 Å². The van der Waals surface area contributed by atoms with Crippen molar-refractivity contribution in [3.63, 3.8) is 0 Å². The highest BCUT2D eigenvalue weighted by Crippen LogP contribution is 2.39. The first kappa shape index (κ1) is 21.8. The first-order valence-corrected chi connectivity index (χ1v) is 12.6. The zero-order valence-electron chi connectivity index (χ0n) is 18.8. The minimum Gasteiger partial charge on any atom is -0.326 e. The first-order valence-electron chi connectivity index (χ1n) is 11.1. The number of nitrogens with zero attached hydrogens (tertiary/aromatic N) is 4. The number of nitrogens with one attached hydrogen (secondary N) is 1. The normalized spacial score (nSPS) is 14.3. The Morgan fingerprint density at radius 1 is 1.12 bits per heavy atom. The maximum Gasteiger partial charge on any atom is 0.243 e. The predicted octanol–water partition coefficient (Wildman–Crippen LogP) is 3.01. The van der Waals surface area contributed by atoms with Crippen LogP contribution in [0.1, 0.15) is 52.3 Å². The zero-order chi connectivity index (χ0) is 23.2. The SMILES string of the molecule is Cc1cc(CN)cc(C)c1CNS(=O)(=O)c1cnn(Cc2cn3cc(C4CC4)ccc3n2)c1. The molecule has 33 heavy (non-hydrogen) atoms. The Bertz CT molecular complexity index is 1410. The van der Waals surface area contributed by atoms with Gasteiger partial charge < -0.3 is 10.1 Å². The molecule has 0 radical (unpaired) electrons. The van der Waals surface area contributed by atoms with E-state index in [1.807, 2.05) is 42.6 Å². The van der Waals surface area contributed by atoms with Crippen molar-refractivity contribution < 1.29 is 8.42 Å². The molecule has 9 heteroatoms. The number of hydrogen-bond donors (Lipinski definition) is 2. The van der Waals surface area contributed by atoms with Gasteiger partial charge in [0.1, 0.15) is 10.5 Å². The van der Waals surface area contributed by atoms with Gasteiger partial charge in [-0.1, -0.05) is 18.2 Å². The molecule has 0 spiro atoms. The summed E-state index contributed by atoms with van der Waals surface area (Å²) in [6, 6.07) is 8.17. The second-order valence-corrected chi connectivity index (χ2v) is 10.6. The van der Waals surface area contributed by atoms with E-state index in [0.717, 1.165) is 33.6 Å². The van der Waals surface area contributed by atoms with Crippen LogP contribution in [-0.2, 0) is 29.7 Å². The summed E-state index contributed by atoms with van der Waals surface area (Å²) >= 11 is 0. The highest BCUT2D eigenvalue weighted by atomic mass is 32.2. The number of sulfonamides is 1. The first-order chi connectivity index (χ1) is 15.8. The average molecular weight is 465 g/mol. The van der Waals surface area contributed by atoms with E-state index in [9.17, 15) is 8.42 Å². The van der Waals surface area contributed by atoms with E-state index in [1.165, 1.54) is 24.6 Å². The van der Waals surface area contributed by atoms with Gasteiger partial charge in [-0.05, 0) is 66.5 Å². The zero-order valence-corrected chi connectivity index (χ0v) is 19.6. The van der Waals surface area contributed by atoms with Gasteiger partial charge in [0.05, 0.1) is 18.4 Å². The summed E-state index contributed by atoms with van der Waals surface area (Å²) in [5.74, 6) is 0.679. The molecule has 1 fully saturated rings. The molecule has 3 aromatic heterocycles. The van der Waals surface area contributed by atoms with Crippen LogP contribution >= 0.6 is 0 Å². The van der Waals surface area contributed by atoms with Crippen molar-refractivity contribution in [3.05, 3.63) is 82.6 Å². The fraction of sp³-hybridized carbons (Fsp3) is 0.333. The lowest BCUT2D eigenvalue weighted by atomic mass is 9.99. The van der Waals surface area contributed by atoms with Crippen LogP contribution in [0.5, 0.6) is 0 Å². The fourth-order valence-electron chi connectivity index (χ4n) is 4.26. The number of aryl methyl sites for hydroxylation is 2. The lowest BCUT2D eigenvalue weighted by molar-refractivity contribution is 0.580. The van der Waals surface area contributed by atoms with Crippen molar-refractivity contribution in [2.45, 2.75) is 57.1 Å². The Labute approximate surface area is 193 Å². The van der Waals surface area contributed by atoms with Crippen molar-refractivity contribution in [1.29, 1.82) is 0 Å². The standard InChI is InChI=1S/C24H28N6O2S/c1-16-7-18(9-25)8-17(2)23(16)11-27-33(31,32)22-10-26-30(15-22)14-21-13-29-12-20(19-3-4-19)5-6-24(29)28-21/h5-8,10,12-13,15,19,27H,3-4,9,11,14,25H2,1-2H3. The molecule has 0 atom stereocenters. The van der Waals surface area contributed by atoms with Gasteiger partial charge in [0, 0.05) is 31.7 Å². The van der Waals surface area contributed by atoms with Gasteiger partial charge in [-0.2, -0.15) is 5.10 Å². The van der Waals surface area contributed by atoms with Crippen LogP contribution < -0.4 is 10.5 Å². The van der Waals surface area contributed by atoms with Crippen LogP contribution in [0, 0.1) is 13.8 Å². The Hall–Kier alpha value is -3.01. The highest BCUT2D eigenvalue weighted by Gasteiger charge is 2.24. The molecule has 1 aliphatic rings. The molecule has 0 bridgehead atoms. The minimum absolute atomic E-state index is 0.135. The molecule has 172 valence electrons. The molecule has 4 aromatic rings. The van der Waals surface area contributed by atoms with Crippen molar-refractivity contribution in [2.75, 3.05) is 0 Å². The van der Waals surface area contributed by atoms with Crippen LogP contribution in [0.15, 0.2) is 53.9 Å². The van der Waals surface area contributed by atoms with Gasteiger partial charge in [0.15, 0.2) is 0 Å². The Kier molecular flexibility index (Phi) is 5.55. The highest BCUT2D eigenvalue weighted by molar-refractivity contribution is 7.89. The lowest BCUT2D eigenvalue weighted by Crippen LogP contribution is -2.24. The average Bonchev–Trinajstić information content (AvgIpc) is 3.38. The van der Waals surface area contributed by atoms with Gasteiger partial charge in [0.2, 0.25) is 10.0 Å². The van der Waals surface area contributed by atoms with Gasteiger partial charge >= 0.3 is 0 Å². The Morgan fingerprint density at radius 2 is 1.88 bits per heavy atom. The maximum absolute atomic E-state index is 12.9. The third-order valence-corrected chi connectivity index (χ3v) is 7.60. The molecule has 3 N–H and O–H groups in total. The van der Waals surface area contributed by atoms with Gasteiger partial charge in [-0.3, -0.25) is 4.68 Å². The van der Waals surface area contributed by atoms with Crippen molar-refractivity contribution in [1.82, 2.24) is 23.9 Å². The number of nitrogens with two attached hydrogens (primary N) is 1. The van der Waals surface area contributed by atoms with E-state index < -0.39 is 10.0 Å². The van der Waals surface area contributed by atoms with E-state index in [1.54, 1.807) is 10.9 Å². The molecule has 0 amide bonds. The Balaban J connectivity index is 1.29. The van der Waals surface area contributed by atoms with Crippen molar-refractivity contribution in [3.8, 4) is 0 Å². The molecular weight excluding hydrogens is 436 g/mol. The van der Waals surface area contributed by atoms with Gasteiger partial charge in [-0.15, -0.1) is 0 Å². The van der Waals surface area contributed by atoms with Crippen LogP contribution in [-0.4, -0.2) is 27.6 Å². The van der Waals surface area contributed by atoms with Gasteiger partial charge in [-0.25, -0.2) is 18.1 Å². The number of pyridine rings is 1. The second kappa shape index (κ2) is 8.40. The number of hydrogen-bond acceptors (Lipinski definition) is 5. The van der Waals surface area contributed by atoms with E-state index in [2.05, 4.69) is 27.1 Å². The number of fused-ring (bicyclic) bond motifs is 1. The molecule has 3 heterocycles. The molecule has 0 aliphatic heterocycles. The maximum atomic E-state index is 12.9. The van der Waals surface area contributed by atoms with Crippen molar-refractivity contribution in [2.24, 2.45) is 5.73 Å². The third-order valence-electron chi connectivity index (χ3n) is 6.25. The molecule has 5 rings (SSSR count). The smallest absolute Gasteiger partial charge is 0.243 e. The predicted molar refractivity (Wildman–Crippen MR) is 126 cm³/mol. The van der Waals surface area contributed by atoms with Crippen LogP contribution in [0.25, 0.3) is 5.65 Å². The molecule has 8 nitrogen and oxygen atoms in total. The van der Waals surface area contributed by atoms with E-state index in [0.29, 0.717) is 19.0 Å². The van der Waals surface area contributed by atoms with Crippen LogP contribution in [0.4, 0.5) is 0 Å². The van der Waals surface area contributed by atoms with E-state index in [4.69, 9.17) is 5.73 Å². The van der Waals surface area contributed by atoms with Crippen LogP contribution in [0.2, 0.25) is 0 Å². The number of imidazole rings is 1. The summed E-state index contributed by atoms with van der Waals surface area (Å²) in [5, 5.41) is 4.25. The monoisotopic (exact) mass is 464 g/mol. The van der Waals surface area contributed by atoms with E-state index in [-0.39, 0.29) is 11.4 Å². The summed E-state index contributed by atoms with van der Waals surface area (Å²) in [6.07, 6.45) is 9.54. The molecular formula is C24H28N6O2S. The Morgan fingerprint density at radius 3 is 2.58 bits per heavy atom. The fourth-order valence-corrected chi connectivity index (χ4v) is 5.21. The summed E-state index contributed by atoms with van der Waals surface area (Å²) in [5.41, 5.74) is 12.8. The topological polar surface area (TPSA) is 107 Å². The third kappa shape index (κ3) is 4.57. The van der Waals surface area contributed by atoms with Crippen molar-refractivity contribution >= 4 is 15.7 Å². The summed E-state index contributed by atoms with van der Waals surface area (Å²) < 4.78 is 32.1. The summed E-state index contributed by atoms with van der Waals surface area (Å²) in [4.78, 5) is 4.77. The van der Waals surface area contributed by atoms with Crippen LogP contribution in [0.3, 0.4) is 0 Å². The summed E-state index contributed by atoms with van der Waals surface area (Å²) in [6.45, 7) is 5.01. The van der Waals surface area contributed by atoms with E-state index >= 15 is 0 Å². The molecule has 1 aromatic carbocycles. The quantitative estimate of drug-likeness (QED) is 0.417. The molecule has 0 saturated heterocycles.